The van der Waals surface area contributed by atoms with Crippen molar-refractivity contribution < 1.29 is 9.21 Å². The molecular formula is C17H23ClN2O2. The van der Waals surface area contributed by atoms with E-state index in [1.807, 2.05) is 6.92 Å². The summed E-state index contributed by atoms with van der Waals surface area (Å²) in [7, 11) is 1.81. The number of nitrogens with two attached hydrogens (primary N) is 1. The first-order valence-corrected chi connectivity index (χ1v) is 7.57. The fraction of sp³-hybridized carbons (Fsp3) is 0.471. The van der Waals surface area contributed by atoms with E-state index in [4.69, 9.17) is 10.2 Å². The lowest BCUT2D eigenvalue weighted by molar-refractivity contribution is -0.130. The van der Waals surface area contributed by atoms with Crippen molar-refractivity contribution in [2.45, 2.75) is 38.6 Å². The molecule has 22 heavy (non-hydrogen) atoms. The van der Waals surface area contributed by atoms with Crippen LogP contribution in [-0.2, 0) is 24.1 Å². The van der Waals surface area contributed by atoms with Crippen molar-refractivity contribution in [3.63, 3.8) is 0 Å². The summed E-state index contributed by atoms with van der Waals surface area (Å²) < 4.78 is 5.65. The third-order valence-corrected chi connectivity index (χ3v) is 4.61. The van der Waals surface area contributed by atoms with Gasteiger partial charge in [0.25, 0.3) is 0 Å². The molecular weight excluding hydrogens is 300 g/mol. The van der Waals surface area contributed by atoms with E-state index in [0.29, 0.717) is 13.0 Å². The van der Waals surface area contributed by atoms with Crippen molar-refractivity contribution in [1.29, 1.82) is 0 Å². The molecule has 0 fully saturated rings. The van der Waals surface area contributed by atoms with Gasteiger partial charge in [-0.15, -0.1) is 12.4 Å². The van der Waals surface area contributed by atoms with Gasteiger partial charge in [0.05, 0.1) is 12.7 Å². The molecule has 2 aromatic rings. The Morgan fingerprint density at radius 1 is 1.36 bits per heavy atom. The molecule has 1 aliphatic carbocycles. The molecule has 0 radical (unpaired) electrons. The highest BCUT2D eigenvalue weighted by atomic mass is 35.5. The summed E-state index contributed by atoms with van der Waals surface area (Å²) in [6.45, 7) is 2.43. The van der Waals surface area contributed by atoms with E-state index < -0.39 is 0 Å². The molecule has 1 unspecified atom stereocenters. The van der Waals surface area contributed by atoms with Crippen LogP contribution in [-0.4, -0.2) is 30.4 Å². The molecule has 0 aliphatic heterocycles. The van der Waals surface area contributed by atoms with Crippen LogP contribution in [0.4, 0.5) is 0 Å². The average molecular weight is 323 g/mol. The SMILES string of the molecule is CC(CN)N(C)C(=O)Cc1coc2cc3c(cc12)CCC3.Cl. The quantitative estimate of drug-likeness (QED) is 0.941. The number of carbonyl (C=O) groups is 1. The molecule has 1 aromatic carbocycles. The van der Waals surface area contributed by atoms with E-state index in [1.54, 1.807) is 18.2 Å². The predicted molar refractivity (Wildman–Crippen MR) is 90.5 cm³/mol. The molecule has 120 valence electrons. The second-order valence-corrected chi connectivity index (χ2v) is 6.00. The van der Waals surface area contributed by atoms with Crippen molar-refractivity contribution in [1.82, 2.24) is 4.90 Å². The molecule has 0 spiro atoms. The molecule has 4 nitrogen and oxygen atoms in total. The number of likely N-dealkylation sites (N-methyl/N-ethyl adjacent to an activating group) is 1. The molecule has 0 saturated carbocycles. The Bertz CT molecular complexity index is 681. The van der Waals surface area contributed by atoms with E-state index in [2.05, 4.69) is 12.1 Å². The number of fused-ring (bicyclic) bond motifs is 2. The molecule has 2 N–H and O–H groups in total. The van der Waals surface area contributed by atoms with Crippen LogP contribution in [0.5, 0.6) is 0 Å². The van der Waals surface area contributed by atoms with Crippen LogP contribution in [0.1, 0.15) is 30.0 Å². The van der Waals surface area contributed by atoms with Gasteiger partial charge in [-0.25, -0.2) is 0 Å². The molecule has 1 aliphatic rings. The number of nitrogens with zero attached hydrogens (tertiary/aromatic N) is 1. The normalized spacial score (nSPS) is 14.5. The Kier molecular flexibility index (Phi) is 5.14. The van der Waals surface area contributed by atoms with Gasteiger partial charge in [-0.3, -0.25) is 4.79 Å². The van der Waals surface area contributed by atoms with Gasteiger partial charge in [-0.2, -0.15) is 0 Å². The van der Waals surface area contributed by atoms with Crippen LogP contribution in [0.3, 0.4) is 0 Å². The zero-order chi connectivity index (χ0) is 15.0. The number of hydrogen-bond donors (Lipinski definition) is 1. The summed E-state index contributed by atoms with van der Waals surface area (Å²) in [5, 5.41) is 1.08. The van der Waals surface area contributed by atoms with Gasteiger partial charge in [-0.05, 0) is 49.4 Å². The average Bonchev–Trinajstić information content (AvgIpc) is 3.10. The largest absolute Gasteiger partial charge is 0.464 e. The third kappa shape index (κ3) is 2.99. The minimum Gasteiger partial charge on any atom is -0.464 e. The topological polar surface area (TPSA) is 59.5 Å². The fourth-order valence-corrected chi connectivity index (χ4v) is 2.98. The third-order valence-electron chi connectivity index (χ3n) is 4.61. The summed E-state index contributed by atoms with van der Waals surface area (Å²) in [4.78, 5) is 14.0. The first-order chi connectivity index (χ1) is 10.1. The summed E-state index contributed by atoms with van der Waals surface area (Å²) in [6, 6.07) is 4.40. The van der Waals surface area contributed by atoms with E-state index >= 15 is 0 Å². The lowest BCUT2D eigenvalue weighted by Crippen LogP contribution is -2.40. The number of aryl methyl sites for hydroxylation is 2. The maximum Gasteiger partial charge on any atom is 0.227 e. The number of halogens is 1. The number of carbonyl (C=O) groups excluding carboxylic acids is 1. The molecule has 3 rings (SSSR count). The summed E-state index contributed by atoms with van der Waals surface area (Å²) in [5.74, 6) is 0.0798. The number of hydrogen-bond acceptors (Lipinski definition) is 3. The molecule has 1 heterocycles. The summed E-state index contributed by atoms with van der Waals surface area (Å²) in [6.07, 6.45) is 5.57. The first kappa shape index (κ1) is 16.8. The zero-order valence-corrected chi connectivity index (χ0v) is 13.9. The van der Waals surface area contributed by atoms with Crippen LogP contribution >= 0.6 is 12.4 Å². The van der Waals surface area contributed by atoms with E-state index in [1.165, 1.54) is 17.5 Å². The van der Waals surface area contributed by atoms with Crippen molar-refractivity contribution in [3.8, 4) is 0 Å². The van der Waals surface area contributed by atoms with Crippen molar-refractivity contribution in [2.24, 2.45) is 5.73 Å². The molecule has 0 saturated heterocycles. The van der Waals surface area contributed by atoms with Crippen LogP contribution in [0, 0.1) is 0 Å². The van der Waals surface area contributed by atoms with E-state index in [9.17, 15) is 4.79 Å². The molecule has 1 atom stereocenters. The number of rotatable bonds is 4. The number of amides is 1. The summed E-state index contributed by atoms with van der Waals surface area (Å²) >= 11 is 0. The Morgan fingerprint density at radius 2 is 2.05 bits per heavy atom. The van der Waals surface area contributed by atoms with Crippen LogP contribution in [0.2, 0.25) is 0 Å². The monoisotopic (exact) mass is 322 g/mol. The van der Waals surface area contributed by atoms with Crippen molar-refractivity contribution in [3.05, 3.63) is 35.1 Å². The zero-order valence-electron chi connectivity index (χ0n) is 13.1. The maximum absolute atomic E-state index is 12.3. The summed E-state index contributed by atoms with van der Waals surface area (Å²) in [5.41, 5.74) is 10.3. The van der Waals surface area contributed by atoms with Gasteiger partial charge in [0.15, 0.2) is 0 Å². The smallest absolute Gasteiger partial charge is 0.227 e. The van der Waals surface area contributed by atoms with Gasteiger partial charge in [0.2, 0.25) is 5.91 Å². The van der Waals surface area contributed by atoms with Crippen LogP contribution in [0.25, 0.3) is 11.0 Å². The minimum absolute atomic E-state index is 0. The Hall–Kier alpha value is -1.52. The molecule has 0 bridgehead atoms. The lowest BCUT2D eigenvalue weighted by Gasteiger charge is -2.23. The van der Waals surface area contributed by atoms with Crippen molar-refractivity contribution in [2.75, 3.05) is 13.6 Å². The van der Waals surface area contributed by atoms with E-state index in [0.717, 1.165) is 29.4 Å². The maximum atomic E-state index is 12.3. The Labute approximate surface area is 137 Å². The first-order valence-electron chi connectivity index (χ1n) is 7.57. The van der Waals surface area contributed by atoms with Crippen molar-refractivity contribution >= 4 is 29.3 Å². The standard InChI is InChI=1S/C17H22N2O2.ClH/c1-11(9-18)19(2)17(20)8-14-10-21-16-7-13-5-3-4-12(13)6-15(14)16;/h6-7,10-11H,3-5,8-9,18H2,1-2H3;1H. The molecule has 5 heteroatoms. The molecule has 1 aromatic heterocycles. The number of benzene rings is 1. The second-order valence-electron chi connectivity index (χ2n) is 6.00. The van der Waals surface area contributed by atoms with Gasteiger partial charge < -0.3 is 15.1 Å². The van der Waals surface area contributed by atoms with Gasteiger partial charge in [0.1, 0.15) is 5.58 Å². The predicted octanol–water partition coefficient (Wildman–Crippen LogP) is 2.69. The molecule has 1 amide bonds. The second kappa shape index (κ2) is 6.71. The Balaban J connectivity index is 0.00000176. The van der Waals surface area contributed by atoms with E-state index in [-0.39, 0.29) is 24.4 Å². The highest BCUT2D eigenvalue weighted by molar-refractivity contribution is 5.88. The highest BCUT2D eigenvalue weighted by Crippen LogP contribution is 2.30. The minimum atomic E-state index is 0. The van der Waals surface area contributed by atoms with Gasteiger partial charge in [0, 0.05) is 30.6 Å². The fourth-order valence-electron chi connectivity index (χ4n) is 2.98. The van der Waals surface area contributed by atoms with Crippen LogP contribution in [0.15, 0.2) is 22.8 Å². The number of furan rings is 1. The Morgan fingerprint density at radius 3 is 2.73 bits per heavy atom. The van der Waals surface area contributed by atoms with Gasteiger partial charge in [-0.1, -0.05) is 0 Å². The highest BCUT2D eigenvalue weighted by Gasteiger charge is 2.19. The lowest BCUT2D eigenvalue weighted by atomic mass is 10.0. The van der Waals surface area contributed by atoms with Crippen LogP contribution < -0.4 is 5.73 Å². The van der Waals surface area contributed by atoms with Gasteiger partial charge >= 0.3 is 0 Å².